The highest BCUT2D eigenvalue weighted by Gasteiger charge is 2.21. The van der Waals surface area contributed by atoms with Crippen LogP contribution in [0.4, 0.5) is 5.69 Å². The summed E-state index contributed by atoms with van der Waals surface area (Å²) in [4.78, 5) is 6.33. The topological polar surface area (TPSA) is 65.9 Å². The van der Waals surface area contributed by atoms with Crippen molar-refractivity contribution in [2.24, 2.45) is 11.1 Å². The van der Waals surface area contributed by atoms with Crippen molar-refractivity contribution in [3.05, 3.63) is 24.0 Å². The normalized spacial score (nSPS) is 11.1. The first-order valence-electron chi connectivity index (χ1n) is 6.34. The molecule has 0 amide bonds. The van der Waals surface area contributed by atoms with Crippen LogP contribution in [0.25, 0.3) is 0 Å². The van der Waals surface area contributed by atoms with Gasteiger partial charge in [-0.3, -0.25) is 0 Å². The molecule has 0 bridgehead atoms. The summed E-state index contributed by atoms with van der Waals surface area (Å²) >= 11 is 0. The summed E-state index contributed by atoms with van der Waals surface area (Å²) in [5.41, 5.74) is 7.21. The minimum absolute atomic E-state index is 0.0255. The summed E-state index contributed by atoms with van der Waals surface area (Å²) < 4.78 is 0. The summed E-state index contributed by atoms with van der Waals surface area (Å²) in [5.74, 6) is 0. The van der Waals surface area contributed by atoms with Crippen LogP contribution in [-0.4, -0.2) is 24.6 Å². The van der Waals surface area contributed by atoms with Gasteiger partial charge in [-0.2, -0.15) is 5.26 Å². The van der Waals surface area contributed by atoms with E-state index in [-0.39, 0.29) is 5.41 Å². The van der Waals surface area contributed by atoms with Crippen LogP contribution in [0.5, 0.6) is 0 Å². The quantitative estimate of drug-likeness (QED) is 0.835. The molecule has 0 aliphatic rings. The number of aromatic nitrogens is 1. The smallest absolute Gasteiger partial charge is 0.163 e. The largest absolute Gasteiger partial charge is 0.369 e. The number of nitriles is 1. The number of rotatable bonds is 6. The van der Waals surface area contributed by atoms with Gasteiger partial charge in [0.1, 0.15) is 6.07 Å². The Balaban J connectivity index is 3.01. The van der Waals surface area contributed by atoms with Gasteiger partial charge in [0, 0.05) is 19.3 Å². The van der Waals surface area contributed by atoms with E-state index in [2.05, 4.69) is 36.7 Å². The lowest BCUT2D eigenvalue weighted by molar-refractivity contribution is 0.377. The summed E-state index contributed by atoms with van der Waals surface area (Å²) in [5, 5.41) is 9.13. The Bertz CT molecular complexity index is 420. The van der Waals surface area contributed by atoms with Crippen molar-refractivity contribution in [3.63, 3.8) is 0 Å². The van der Waals surface area contributed by atoms with Crippen molar-refractivity contribution in [3.8, 4) is 6.07 Å². The van der Waals surface area contributed by atoms with E-state index >= 15 is 0 Å². The van der Waals surface area contributed by atoms with E-state index in [1.165, 1.54) is 0 Å². The molecule has 1 rings (SSSR count). The van der Waals surface area contributed by atoms with Crippen LogP contribution in [0.3, 0.4) is 0 Å². The van der Waals surface area contributed by atoms with E-state index in [9.17, 15) is 0 Å². The molecule has 1 aromatic rings. The predicted molar refractivity (Wildman–Crippen MR) is 74.3 cm³/mol. The molecular weight excluding hydrogens is 224 g/mol. The summed E-state index contributed by atoms with van der Waals surface area (Å²) in [7, 11) is 0. The zero-order valence-corrected chi connectivity index (χ0v) is 11.5. The van der Waals surface area contributed by atoms with Crippen LogP contribution in [-0.2, 0) is 0 Å². The van der Waals surface area contributed by atoms with Gasteiger partial charge >= 0.3 is 0 Å². The van der Waals surface area contributed by atoms with Gasteiger partial charge in [0.15, 0.2) is 5.69 Å². The molecule has 0 spiro atoms. The lowest BCUT2D eigenvalue weighted by Crippen LogP contribution is -2.39. The average molecular weight is 246 g/mol. The third-order valence-electron chi connectivity index (χ3n) is 2.90. The van der Waals surface area contributed by atoms with Gasteiger partial charge in [-0.25, -0.2) is 4.98 Å². The number of hydrogen-bond acceptors (Lipinski definition) is 4. The second-order valence-corrected chi connectivity index (χ2v) is 5.27. The molecule has 1 heterocycles. The van der Waals surface area contributed by atoms with E-state index in [0.29, 0.717) is 12.2 Å². The van der Waals surface area contributed by atoms with Crippen molar-refractivity contribution < 1.29 is 0 Å². The van der Waals surface area contributed by atoms with Gasteiger partial charge in [0.25, 0.3) is 0 Å². The summed E-state index contributed by atoms with van der Waals surface area (Å²) in [6.45, 7) is 8.76. The fraction of sp³-hybridized carbons (Fsp3) is 0.571. The zero-order valence-electron chi connectivity index (χ0n) is 11.5. The van der Waals surface area contributed by atoms with Crippen molar-refractivity contribution in [2.75, 3.05) is 24.5 Å². The molecule has 0 aliphatic heterocycles. The fourth-order valence-electron chi connectivity index (χ4n) is 1.87. The van der Waals surface area contributed by atoms with Gasteiger partial charge < -0.3 is 10.6 Å². The van der Waals surface area contributed by atoms with Crippen LogP contribution in [0.15, 0.2) is 18.3 Å². The van der Waals surface area contributed by atoms with E-state index in [1.807, 2.05) is 12.1 Å². The highest BCUT2D eigenvalue weighted by Crippen LogP contribution is 2.23. The maximum absolute atomic E-state index is 9.13. The van der Waals surface area contributed by atoms with E-state index < -0.39 is 0 Å². The van der Waals surface area contributed by atoms with Crippen molar-refractivity contribution >= 4 is 5.69 Å². The molecule has 0 atom stereocenters. The second-order valence-electron chi connectivity index (χ2n) is 5.27. The number of pyridine rings is 1. The van der Waals surface area contributed by atoms with Gasteiger partial charge in [0.2, 0.25) is 0 Å². The number of anilines is 1. The number of nitrogens with two attached hydrogens (primary N) is 1. The van der Waals surface area contributed by atoms with Crippen LogP contribution in [0.1, 0.15) is 32.9 Å². The van der Waals surface area contributed by atoms with E-state index in [1.54, 1.807) is 6.20 Å². The molecule has 2 N–H and O–H groups in total. The first kappa shape index (κ1) is 14.5. The molecule has 0 unspecified atom stereocenters. The minimum atomic E-state index is 0.0255. The lowest BCUT2D eigenvalue weighted by Gasteiger charge is -2.33. The Labute approximate surface area is 109 Å². The molecule has 0 saturated carbocycles. The molecule has 0 radical (unpaired) electrons. The maximum atomic E-state index is 9.13. The highest BCUT2D eigenvalue weighted by molar-refractivity contribution is 5.55. The van der Waals surface area contributed by atoms with E-state index in [4.69, 9.17) is 11.0 Å². The lowest BCUT2D eigenvalue weighted by atomic mass is 9.92. The molecule has 0 aliphatic carbocycles. The average Bonchev–Trinajstić information content (AvgIpc) is 2.38. The third kappa shape index (κ3) is 3.71. The highest BCUT2D eigenvalue weighted by atomic mass is 15.1. The van der Waals surface area contributed by atoms with Crippen LogP contribution >= 0.6 is 0 Å². The Morgan fingerprint density at radius 1 is 1.50 bits per heavy atom. The van der Waals surface area contributed by atoms with Crippen LogP contribution < -0.4 is 10.6 Å². The first-order chi connectivity index (χ1) is 8.54. The molecule has 0 aromatic carbocycles. The molecular formula is C14H22N4. The van der Waals surface area contributed by atoms with Gasteiger partial charge in [-0.15, -0.1) is 0 Å². The molecule has 18 heavy (non-hydrogen) atoms. The summed E-state index contributed by atoms with van der Waals surface area (Å²) in [6, 6.07) is 5.98. The molecule has 0 saturated heterocycles. The van der Waals surface area contributed by atoms with Gasteiger partial charge in [-0.05, 0) is 30.5 Å². The van der Waals surface area contributed by atoms with E-state index in [0.717, 1.165) is 25.2 Å². The Morgan fingerprint density at radius 2 is 2.22 bits per heavy atom. The van der Waals surface area contributed by atoms with Crippen molar-refractivity contribution in [2.45, 2.75) is 27.2 Å². The number of nitrogens with zero attached hydrogens (tertiary/aromatic N) is 3. The third-order valence-corrected chi connectivity index (χ3v) is 2.90. The minimum Gasteiger partial charge on any atom is -0.369 e. The first-order valence-corrected chi connectivity index (χ1v) is 6.34. The summed E-state index contributed by atoms with van der Waals surface area (Å²) in [6.07, 6.45) is 2.68. The van der Waals surface area contributed by atoms with Gasteiger partial charge in [-0.1, -0.05) is 20.8 Å². The second kappa shape index (κ2) is 6.36. The Morgan fingerprint density at radius 3 is 2.78 bits per heavy atom. The molecule has 0 fully saturated rings. The monoisotopic (exact) mass is 246 g/mol. The molecule has 4 nitrogen and oxygen atoms in total. The van der Waals surface area contributed by atoms with Crippen molar-refractivity contribution in [1.82, 2.24) is 4.98 Å². The Hall–Kier alpha value is -1.60. The van der Waals surface area contributed by atoms with Crippen LogP contribution in [0.2, 0.25) is 0 Å². The molecule has 98 valence electrons. The standard InChI is InChI=1S/C14H22N4/c1-4-8-18(11-14(2,3)10-16)13-6-5-7-17-12(13)9-15/h5-7H,4,8,10-11,16H2,1-3H3. The Kier molecular flexibility index (Phi) is 5.11. The number of hydrogen-bond donors (Lipinski definition) is 1. The molecule has 1 aromatic heterocycles. The van der Waals surface area contributed by atoms with Crippen molar-refractivity contribution in [1.29, 1.82) is 5.26 Å². The van der Waals surface area contributed by atoms with Crippen LogP contribution in [0, 0.1) is 16.7 Å². The van der Waals surface area contributed by atoms with Gasteiger partial charge in [0.05, 0.1) is 5.69 Å². The fourth-order valence-corrected chi connectivity index (χ4v) is 1.87. The predicted octanol–water partition coefficient (Wildman–Crippen LogP) is 2.15. The SMILES string of the molecule is CCCN(CC(C)(C)CN)c1cccnc1C#N. The zero-order chi connectivity index (χ0) is 13.6. The maximum Gasteiger partial charge on any atom is 0.163 e. The molecule has 4 heteroatoms.